The number of nitrogens with zero attached hydrogens (tertiary/aromatic N) is 5. The SMILES string of the molecule is O=c1ccc(-c2ccncc2)nn1CC1CCCN1CCN1CCCCCC1. The Morgan fingerprint density at radius 3 is 2.46 bits per heavy atom. The first-order chi connectivity index (χ1) is 13.8. The van der Waals surface area contributed by atoms with Gasteiger partial charge >= 0.3 is 0 Å². The second-order valence-corrected chi connectivity index (χ2v) is 8.06. The third kappa shape index (κ3) is 4.86. The molecule has 2 aromatic heterocycles. The Balaban J connectivity index is 1.40. The minimum absolute atomic E-state index is 0.0165. The molecule has 0 radical (unpaired) electrons. The summed E-state index contributed by atoms with van der Waals surface area (Å²) in [5.41, 5.74) is 1.81. The van der Waals surface area contributed by atoms with Crippen LogP contribution >= 0.6 is 0 Å². The highest BCUT2D eigenvalue weighted by Gasteiger charge is 2.26. The van der Waals surface area contributed by atoms with E-state index >= 15 is 0 Å². The zero-order valence-electron chi connectivity index (χ0n) is 16.7. The van der Waals surface area contributed by atoms with Gasteiger partial charge in [0, 0.05) is 43.2 Å². The molecule has 2 aromatic rings. The van der Waals surface area contributed by atoms with Gasteiger partial charge < -0.3 is 4.90 Å². The standard InChI is InChI=1S/C22H31N5O/c28-22-8-7-21(19-9-11-23-12-10-19)24-27(22)18-20-6-5-15-26(20)17-16-25-13-3-1-2-4-14-25/h7-12,20H,1-6,13-18H2. The van der Waals surface area contributed by atoms with Crippen LogP contribution in [0.5, 0.6) is 0 Å². The second-order valence-electron chi connectivity index (χ2n) is 8.06. The van der Waals surface area contributed by atoms with Crippen LogP contribution in [0, 0.1) is 0 Å². The van der Waals surface area contributed by atoms with Gasteiger partial charge in [-0.15, -0.1) is 0 Å². The van der Waals surface area contributed by atoms with Crippen molar-refractivity contribution < 1.29 is 0 Å². The second kappa shape index (κ2) is 9.43. The first-order valence-corrected chi connectivity index (χ1v) is 10.7. The Hall–Kier alpha value is -2.05. The van der Waals surface area contributed by atoms with Gasteiger partial charge in [-0.05, 0) is 63.5 Å². The Bertz CT molecular complexity index is 798. The smallest absolute Gasteiger partial charge is 0.266 e. The van der Waals surface area contributed by atoms with Crippen molar-refractivity contribution in [3.05, 3.63) is 47.0 Å². The molecule has 28 heavy (non-hydrogen) atoms. The van der Waals surface area contributed by atoms with Crippen molar-refractivity contribution in [1.82, 2.24) is 24.6 Å². The number of aromatic nitrogens is 3. The Morgan fingerprint density at radius 2 is 1.68 bits per heavy atom. The van der Waals surface area contributed by atoms with Crippen LogP contribution in [0.15, 0.2) is 41.5 Å². The molecule has 6 heteroatoms. The molecule has 1 unspecified atom stereocenters. The molecule has 0 N–H and O–H groups in total. The molecule has 0 spiro atoms. The van der Waals surface area contributed by atoms with E-state index in [4.69, 9.17) is 0 Å². The van der Waals surface area contributed by atoms with E-state index in [0.717, 1.165) is 37.3 Å². The maximum atomic E-state index is 12.4. The average molecular weight is 382 g/mol. The molecule has 0 bridgehead atoms. The fourth-order valence-electron chi connectivity index (χ4n) is 4.48. The summed E-state index contributed by atoms with van der Waals surface area (Å²) < 4.78 is 1.66. The molecule has 0 amide bonds. The molecule has 6 nitrogen and oxygen atoms in total. The summed E-state index contributed by atoms with van der Waals surface area (Å²) >= 11 is 0. The van der Waals surface area contributed by atoms with E-state index in [1.54, 1.807) is 29.2 Å². The van der Waals surface area contributed by atoms with Gasteiger partial charge in [-0.3, -0.25) is 14.7 Å². The topological polar surface area (TPSA) is 54.3 Å². The van der Waals surface area contributed by atoms with Crippen molar-refractivity contribution in [3.63, 3.8) is 0 Å². The quantitative estimate of drug-likeness (QED) is 0.770. The van der Waals surface area contributed by atoms with Crippen molar-refractivity contribution in [2.75, 3.05) is 32.7 Å². The number of likely N-dealkylation sites (tertiary alicyclic amines) is 2. The lowest BCUT2D eigenvalue weighted by atomic mass is 10.2. The highest BCUT2D eigenvalue weighted by atomic mass is 16.1. The largest absolute Gasteiger partial charge is 0.302 e. The van der Waals surface area contributed by atoms with Crippen LogP contribution in [-0.2, 0) is 6.54 Å². The van der Waals surface area contributed by atoms with Crippen LogP contribution in [0.4, 0.5) is 0 Å². The third-order valence-corrected chi connectivity index (χ3v) is 6.13. The zero-order valence-corrected chi connectivity index (χ0v) is 16.7. The van der Waals surface area contributed by atoms with Gasteiger partial charge in [0.15, 0.2) is 0 Å². The highest BCUT2D eigenvalue weighted by Crippen LogP contribution is 2.19. The van der Waals surface area contributed by atoms with Gasteiger partial charge in [0.05, 0.1) is 12.2 Å². The van der Waals surface area contributed by atoms with Crippen molar-refractivity contribution in [3.8, 4) is 11.3 Å². The molecule has 2 fully saturated rings. The summed E-state index contributed by atoms with van der Waals surface area (Å²) in [5.74, 6) is 0. The van der Waals surface area contributed by atoms with E-state index in [9.17, 15) is 4.79 Å². The average Bonchev–Trinajstić information content (AvgIpc) is 3.00. The summed E-state index contributed by atoms with van der Waals surface area (Å²) in [6.07, 6.45) is 11.3. The van der Waals surface area contributed by atoms with Crippen LogP contribution in [0.3, 0.4) is 0 Å². The molecule has 2 aliphatic heterocycles. The van der Waals surface area contributed by atoms with Crippen LogP contribution in [0.2, 0.25) is 0 Å². The lowest BCUT2D eigenvalue weighted by molar-refractivity contribution is 0.182. The minimum Gasteiger partial charge on any atom is -0.302 e. The van der Waals surface area contributed by atoms with Gasteiger partial charge in [-0.25, -0.2) is 4.68 Å². The van der Waals surface area contributed by atoms with Crippen molar-refractivity contribution in [2.24, 2.45) is 0 Å². The molecule has 4 heterocycles. The fraction of sp³-hybridized carbons (Fsp3) is 0.591. The van der Waals surface area contributed by atoms with E-state index in [1.165, 1.54) is 45.2 Å². The molecule has 2 saturated heterocycles. The highest BCUT2D eigenvalue weighted by molar-refractivity contribution is 5.56. The first-order valence-electron chi connectivity index (χ1n) is 10.7. The monoisotopic (exact) mass is 381 g/mol. The predicted molar refractivity (Wildman–Crippen MR) is 111 cm³/mol. The lowest BCUT2D eigenvalue weighted by Crippen LogP contribution is -2.41. The molecular weight excluding hydrogens is 350 g/mol. The third-order valence-electron chi connectivity index (χ3n) is 6.13. The van der Waals surface area contributed by atoms with Crippen LogP contribution < -0.4 is 5.56 Å². The van der Waals surface area contributed by atoms with Gasteiger partial charge in [0.2, 0.25) is 0 Å². The Labute approximate surface area is 167 Å². The van der Waals surface area contributed by atoms with Gasteiger partial charge in [-0.2, -0.15) is 5.10 Å². The Kier molecular flexibility index (Phi) is 6.49. The summed E-state index contributed by atoms with van der Waals surface area (Å²) in [7, 11) is 0. The van der Waals surface area contributed by atoms with Crippen LogP contribution in [-0.4, -0.2) is 63.3 Å². The summed E-state index contributed by atoms with van der Waals surface area (Å²) in [5, 5.41) is 4.64. The van der Waals surface area contributed by atoms with Crippen molar-refractivity contribution in [2.45, 2.75) is 51.1 Å². The summed E-state index contributed by atoms with van der Waals surface area (Å²) in [4.78, 5) is 21.7. The van der Waals surface area contributed by atoms with Gasteiger partial charge in [-0.1, -0.05) is 12.8 Å². The van der Waals surface area contributed by atoms with Gasteiger partial charge in [0.25, 0.3) is 5.56 Å². The molecule has 2 aliphatic rings. The van der Waals surface area contributed by atoms with E-state index in [0.29, 0.717) is 12.6 Å². The van der Waals surface area contributed by atoms with E-state index in [1.807, 2.05) is 12.1 Å². The summed E-state index contributed by atoms with van der Waals surface area (Å²) in [6.45, 7) is 6.55. The molecule has 150 valence electrons. The normalized spacial score (nSPS) is 21.6. The summed E-state index contributed by atoms with van der Waals surface area (Å²) in [6, 6.07) is 7.71. The van der Waals surface area contributed by atoms with Crippen LogP contribution in [0.1, 0.15) is 38.5 Å². The molecule has 0 saturated carbocycles. The van der Waals surface area contributed by atoms with Crippen LogP contribution in [0.25, 0.3) is 11.3 Å². The lowest BCUT2D eigenvalue weighted by Gasteiger charge is -2.28. The number of hydrogen-bond donors (Lipinski definition) is 0. The van der Waals surface area contributed by atoms with Crippen molar-refractivity contribution in [1.29, 1.82) is 0 Å². The maximum Gasteiger partial charge on any atom is 0.266 e. The molecular formula is C22H31N5O. The predicted octanol–water partition coefficient (Wildman–Crippen LogP) is 2.65. The van der Waals surface area contributed by atoms with Crippen molar-refractivity contribution >= 4 is 0 Å². The molecule has 1 atom stereocenters. The van der Waals surface area contributed by atoms with Gasteiger partial charge in [0.1, 0.15) is 0 Å². The molecule has 0 aromatic carbocycles. The maximum absolute atomic E-state index is 12.4. The molecule has 4 rings (SSSR count). The zero-order chi connectivity index (χ0) is 19.2. The van der Waals surface area contributed by atoms with E-state index in [2.05, 4.69) is 19.9 Å². The number of pyridine rings is 1. The number of rotatable bonds is 6. The van der Waals surface area contributed by atoms with E-state index < -0.39 is 0 Å². The van der Waals surface area contributed by atoms with E-state index in [-0.39, 0.29) is 5.56 Å². The number of hydrogen-bond acceptors (Lipinski definition) is 5. The Morgan fingerprint density at radius 1 is 0.893 bits per heavy atom. The fourth-order valence-corrected chi connectivity index (χ4v) is 4.48. The first kappa shape index (κ1) is 19.3. The minimum atomic E-state index is -0.0165. The molecule has 0 aliphatic carbocycles.